The molecule has 16 heavy (non-hydrogen) atoms. The Kier molecular flexibility index (Phi) is 3.31. The van der Waals surface area contributed by atoms with Crippen molar-refractivity contribution in [2.24, 2.45) is 11.3 Å². The van der Waals surface area contributed by atoms with Gasteiger partial charge in [0.1, 0.15) is 5.83 Å². The molecule has 1 aliphatic rings. The lowest BCUT2D eigenvalue weighted by molar-refractivity contribution is -0.0911. The maximum atomic E-state index is 13.5. The van der Waals surface area contributed by atoms with Gasteiger partial charge in [0.25, 0.3) is 0 Å². The zero-order valence-electron chi connectivity index (χ0n) is 9.40. The van der Waals surface area contributed by atoms with E-state index in [0.29, 0.717) is 0 Å². The molecule has 0 heterocycles. The number of rotatable bonds is 1. The Labute approximate surface area is 92.3 Å². The first-order valence-electron chi connectivity index (χ1n) is 5.02. The minimum Gasteiger partial charge on any atom is -0.207 e. The van der Waals surface area contributed by atoms with Crippen LogP contribution < -0.4 is 0 Å². The monoisotopic (exact) mass is 234 g/mol. The molecule has 0 aromatic rings. The molecule has 0 aromatic carbocycles. The first-order chi connectivity index (χ1) is 7.17. The van der Waals surface area contributed by atoms with Gasteiger partial charge >= 0.3 is 6.18 Å². The van der Waals surface area contributed by atoms with E-state index in [1.54, 1.807) is 13.0 Å². The molecule has 4 heteroatoms. The van der Waals surface area contributed by atoms with Crippen LogP contribution in [0.5, 0.6) is 0 Å². The van der Waals surface area contributed by atoms with Crippen LogP contribution in [-0.2, 0) is 0 Å². The second-order valence-corrected chi connectivity index (χ2v) is 4.45. The molecule has 0 N–H and O–H groups in total. The van der Waals surface area contributed by atoms with E-state index in [9.17, 15) is 17.6 Å². The lowest BCUT2D eigenvalue weighted by atomic mass is 9.78. The number of allylic oxidation sites excluding steroid dienone is 6. The minimum absolute atomic E-state index is 0.0236. The molecule has 90 valence electrons. The third kappa shape index (κ3) is 2.54. The Bertz CT molecular complexity index is 358. The van der Waals surface area contributed by atoms with E-state index in [4.69, 9.17) is 0 Å². The average Bonchev–Trinajstić information content (AvgIpc) is 2.23. The van der Waals surface area contributed by atoms with E-state index in [-0.39, 0.29) is 5.92 Å². The lowest BCUT2D eigenvalue weighted by Crippen LogP contribution is -2.19. The maximum absolute atomic E-state index is 13.5. The zero-order chi connectivity index (χ0) is 12.6. The Morgan fingerprint density at radius 2 is 1.81 bits per heavy atom. The van der Waals surface area contributed by atoms with Gasteiger partial charge < -0.3 is 0 Å². The largest absolute Gasteiger partial charge is 0.419 e. The molecule has 0 bridgehead atoms. The second-order valence-electron chi connectivity index (χ2n) is 4.45. The molecule has 0 saturated heterocycles. The number of halogens is 4. The summed E-state index contributed by atoms with van der Waals surface area (Å²) in [7, 11) is 0. The van der Waals surface area contributed by atoms with Crippen molar-refractivity contribution in [1.29, 1.82) is 0 Å². The molecule has 0 spiro atoms. The van der Waals surface area contributed by atoms with Crippen molar-refractivity contribution in [3.05, 3.63) is 35.7 Å². The highest BCUT2D eigenvalue weighted by Gasteiger charge is 2.38. The smallest absolute Gasteiger partial charge is 0.207 e. The summed E-state index contributed by atoms with van der Waals surface area (Å²) in [4.78, 5) is 0. The first kappa shape index (κ1) is 13.0. The van der Waals surface area contributed by atoms with Gasteiger partial charge in [-0.1, -0.05) is 32.9 Å². The molecule has 1 rings (SSSR count). The third-order valence-electron chi connectivity index (χ3n) is 2.96. The summed E-state index contributed by atoms with van der Waals surface area (Å²) in [5, 5.41) is 0. The van der Waals surface area contributed by atoms with Crippen LogP contribution in [0.25, 0.3) is 0 Å². The summed E-state index contributed by atoms with van der Waals surface area (Å²) in [5.41, 5.74) is -1.90. The fourth-order valence-corrected chi connectivity index (χ4v) is 1.42. The summed E-state index contributed by atoms with van der Waals surface area (Å²) in [5.74, 6) is -1.18. The van der Waals surface area contributed by atoms with Crippen LogP contribution in [0.1, 0.15) is 20.8 Å². The fraction of sp³-hybridized carbons (Fsp3) is 0.500. The van der Waals surface area contributed by atoms with E-state index >= 15 is 0 Å². The van der Waals surface area contributed by atoms with Crippen molar-refractivity contribution in [2.75, 3.05) is 0 Å². The zero-order valence-corrected chi connectivity index (χ0v) is 9.40. The van der Waals surface area contributed by atoms with Gasteiger partial charge in [0, 0.05) is 5.41 Å². The summed E-state index contributed by atoms with van der Waals surface area (Å²) < 4.78 is 50.8. The van der Waals surface area contributed by atoms with Crippen molar-refractivity contribution in [3.63, 3.8) is 0 Å². The van der Waals surface area contributed by atoms with E-state index in [1.165, 1.54) is 6.08 Å². The van der Waals surface area contributed by atoms with Crippen LogP contribution in [-0.4, -0.2) is 6.18 Å². The van der Waals surface area contributed by atoms with Crippen LogP contribution in [0.3, 0.4) is 0 Å². The van der Waals surface area contributed by atoms with Crippen LogP contribution in [0, 0.1) is 11.3 Å². The fourth-order valence-electron chi connectivity index (χ4n) is 1.42. The highest BCUT2D eigenvalue weighted by atomic mass is 19.4. The third-order valence-corrected chi connectivity index (χ3v) is 2.96. The molecular weight excluding hydrogens is 220 g/mol. The number of hydrogen-bond donors (Lipinski definition) is 0. The van der Waals surface area contributed by atoms with Crippen LogP contribution >= 0.6 is 0 Å². The molecule has 0 aliphatic heterocycles. The van der Waals surface area contributed by atoms with Gasteiger partial charge in [-0.2, -0.15) is 13.2 Å². The number of alkyl halides is 3. The molecule has 0 fully saturated rings. The Hall–Kier alpha value is -1.06. The van der Waals surface area contributed by atoms with Crippen molar-refractivity contribution in [1.82, 2.24) is 0 Å². The quantitative estimate of drug-likeness (QED) is 0.583. The minimum atomic E-state index is -4.65. The number of hydrogen-bond acceptors (Lipinski definition) is 0. The van der Waals surface area contributed by atoms with E-state index in [1.807, 2.05) is 13.8 Å². The molecule has 0 nitrogen and oxygen atoms in total. The van der Waals surface area contributed by atoms with E-state index < -0.39 is 23.0 Å². The lowest BCUT2D eigenvalue weighted by Gasteiger charge is -2.26. The second kappa shape index (κ2) is 4.07. The molecule has 0 saturated carbocycles. The summed E-state index contributed by atoms with van der Waals surface area (Å²) in [6.07, 6.45) is 0.0367. The highest BCUT2D eigenvalue weighted by Crippen LogP contribution is 2.39. The normalized spacial score (nSPS) is 26.5. The van der Waals surface area contributed by atoms with Gasteiger partial charge in [0.05, 0.1) is 5.57 Å². The van der Waals surface area contributed by atoms with E-state index in [0.717, 1.165) is 12.2 Å². The topological polar surface area (TPSA) is 0 Å². The van der Waals surface area contributed by atoms with Gasteiger partial charge in [-0.05, 0) is 18.1 Å². The molecule has 1 atom stereocenters. The van der Waals surface area contributed by atoms with Gasteiger partial charge in [-0.3, -0.25) is 0 Å². The summed E-state index contributed by atoms with van der Waals surface area (Å²) in [6, 6.07) is 0. The van der Waals surface area contributed by atoms with Crippen molar-refractivity contribution in [3.8, 4) is 0 Å². The maximum Gasteiger partial charge on any atom is 0.419 e. The molecule has 0 aromatic heterocycles. The standard InChI is InChI=1S/C12H14F4/c1-8(2)11(3)6-4-5-9(10(13)7-11)12(14,15)16/h4-8H,1-3H3. The molecule has 1 unspecified atom stereocenters. The van der Waals surface area contributed by atoms with E-state index in [2.05, 4.69) is 0 Å². The van der Waals surface area contributed by atoms with Crippen molar-refractivity contribution >= 4 is 0 Å². The summed E-state index contributed by atoms with van der Waals surface area (Å²) >= 11 is 0. The van der Waals surface area contributed by atoms with Gasteiger partial charge in [0.2, 0.25) is 0 Å². The molecule has 1 aliphatic carbocycles. The van der Waals surface area contributed by atoms with Gasteiger partial charge in [0.15, 0.2) is 0 Å². The van der Waals surface area contributed by atoms with Crippen LogP contribution in [0.15, 0.2) is 35.7 Å². The predicted molar refractivity (Wildman–Crippen MR) is 55.4 cm³/mol. The predicted octanol–water partition coefficient (Wildman–Crippen LogP) is 4.56. The van der Waals surface area contributed by atoms with Crippen LogP contribution in [0.4, 0.5) is 17.6 Å². The van der Waals surface area contributed by atoms with Crippen molar-refractivity contribution < 1.29 is 17.6 Å². The molecular formula is C12H14F4. The SMILES string of the molecule is CC(C)C1(C)C=CC=C(C(F)(F)F)C(F)=C1. The molecule has 0 amide bonds. The Balaban J connectivity index is 3.18. The van der Waals surface area contributed by atoms with Gasteiger partial charge in [-0.15, -0.1) is 0 Å². The highest BCUT2D eigenvalue weighted by molar-refractivity contribution is 5.38. The van der Waals surface area contributed by atoms with Crippen molar-refractivity contribution in [2.45, 2.75) is 26.9 Å². The summed E-state index contributed by atoms with van der Waals surface area (Å²) in [6.45, 7) is 5.39. The first-order valence-corrected chi connectivity index (χ1v) is 5.02. The van der Waals surface area contributed by atoms with Crippen LogP contribution in [0.2, 0.25) is 0 Å². The average molecular weight is 234 g/mol. The Morgan fingerprint density at radius 1 is 1.25 bits per heavy atom. The Morgan fingerprint density at radius 3 is 2.25 bits per heavy atom. The molecule has 0 radical (unpaired) electrons. The van der Waals surface area contributed by atoms with Gasteiger partial charge in [-0.25, -0.2) is 4.39 Å².